The summed E-state index contributed by atoms with van der Waals surface area (Å²) in [5, 5.41) is 13.9. The number of benzene rings is 3. The summed E-state index contributed by atoms with van der Waals surface area (Å²) < 4.78 is 7.17. The van der Waals surface area contributed by atoms with Crippen LogP contribution in [-0.2, 0) is 19.5 Å². The molecule has 0 saturated carbocycles. The number of pyridine rings is 1. The molecule has 3 aromatic carbocycles. The summed E-state index contributed by atoms with van der Waals surface area (Å²) >= 11 is 0. The summed E-state index contributed by atoms with van der Waals surface area (Å²) in [5.74, 6) is 1.60. The second-order valence-corrected chi connectivity index (χ2v) is 10.3. The van der Waals surface area contributed by atoms with Gasteiger partial charge in [-0.15, -0.1) is 5.10 Å². The van der Waals surface area contributed by atoms with E-state index in [1.54, 1.807) is 7.11 Å². The molecule has 8 nitrogen and oxygen atoms in total. The fourth-order valence-electron chi connectivity index (χ4n) is 5.28. The van der Waals surface area contributed by atoms with E-state index in [1.165, 1.54) is 11.1 Å². The Morgan fingerprint density at radius 1 is 1.00 bits per heavy atom. The van der Waals surface area contributed by atoms with Gasteiger partial charge in [-0.25, -0.2) is 4.68 Å². The van der Waals surface area contributed by atoms with Gasteiger partial charge < -0.3 is 9.72 Å². The Bertz CT molecular complexity index is 1640. The summed E-state index contributed by atoms with van der Waals surface area (Å²) in [5.41, 5.74) is 6.31. The Labute approximate surface area is 234 Å². The lowest BCUT2D eigenvalue weighted by Gasteiger charge is -2.30. The van der Waals surface area contributed by atoms with Gasteiger partial charge in [0, 0.05) is 24.2 Å². The molecule has 0 aliphatic carbocycles. The lowest BCUT2D eigenvalue weighted by atomic mass is 10.0. The Morgan fingerprint density at radius 2 is 1.80 bits per heavy atom. The van der Waals surface area contributed by atoms with Gasteiger partial charge in [0.05, 0.1) is 19.7 Å². The van der Waals surface area contributed by atoms with Gasteiger partial charge in [-0.2, -0.15) is 0 Å². The zero-order valence-corrected chi connectivity index (χ0v) is 23.6. The number of hydrogen-bond donors (Lipinski definition) is 1. The number of rotatable bonds is 11. The Morgan fingerprint density at radius 3 is 2.55 bits per heavy atom. The molecule has 0 bridgehead atoms. The van der Waals surface area contributed by atoms with E-state index < -0.39 is 0 Å². The smallest absolute Gasteiger partial charge is 0.252 e. The molecular formula is C32H36N6O2. The van der Waals surface area contributed by atoms with Gasteiger partial charge in [0.2, 0.25) is 0 Å². The van der Waals surface area contributed by atoms with Crippen LogP contribution in [0.4, 0.5) is 0 Å². The third kappa shape index (κ3) is 6.13. The molecule has 0 saturated heterocycles. The molecule has 5 rings (SSSR count). The first-order valence-electron chi connectivity index (χ1n) is 13.7. The van der Waals surface area contributed by atoms with Crippen LogP contribution in [-0.4, -0.2) is 43.7 Å². The van der Waals surface area contributed by atoms with Crippen molar-refractivity contribution in [2.75, 3.05) is 13.7 Å². The van der Waals surface area contributed by atoms with Crippen molar-refractivity contribution >= 4 is 10.9 Å². The number of fused-ring (bicyclic) bond motifs is 1. The van der Waals surface area contributed by atoms with E-state index in [9.17, 15) is 4.79 Å². The van der Waals surface area contributed by atoms with Crippen molar-refractivity contribution in [2.45, 2.75) is 52.7 Å². The molecule has 2 aromatic heterocycles. The molecule has 8 heteroatoms. The predicted molar refractivity (Wildman–Crippen MR) is 158 cm³/mol. The highest BCUT2D eigenvalue weighted by Gasteiger charge is 2.26. The van der Waals surface area contributed by atoms with Crippen molar-refractivity contribution in [1.82, 2.24) is 30.1 Å². The standard InChI is InChI=1S/C32H36N6O2/c1-5-30(31-34-35-36-38(31)20-24-11-13-28(40-4)14-12-24)37(17-16-25-9-7-6-8-23(25)3)21-27-19-26-18-22(2)10-15-29(26)33-32(27)39/h6-15,18-19,30H,5,16-17,20-21H2,1-4H3,(H,33,39)/t30-/m1/s1. The van der Waals surface area contributed by atoms with Gasteiger partial charge in [-0.1, -0.05) is 55.0 Å². The quantitative estimate of drug-likeness (QED) is 0.244. The third-order valence-corrected chi connectivity index (χ3v) is 7.56. The van der Waals surface area contributed by atoms with Crippen LogP contribution in [0, 0.1) is 13.8 Å². The SMILES string of the molecule is CC[C@H](c1nnnn1Cc1ccc(OC)cc1)N(CCc1ccccc1C)Cc1cc2cc(C)ccc2[nH]c1=O. The number of H-pyrrole nitrogens is 1. The molecule has 0 aliphatic rings. The molecule has 40 heavy (non-hydrogen) atoms. The number of hydrogen-bond acceptors (Lipinski definition) is 6. The molecule has 1 N–H and O–H groups in total. The summed E-state index contributed by atoms with van der Waals surface area (Å²) in [7, 11) is 1.66. The highest BCUT2D eigenvalue weighted by molar-refractivity contribution is 5.79. The van der Waals surface area contributed by atoms with Crippen LogP contribution in [0.2, 0.25) is 0 Å². The van der Waals surface area contributed by atoms with Crippen LogP contribution in [0.3, 0.4) is 0 Å². The average molecular weight is 537 g/mol. The van der Waals surface area contributed by atoms with E-state index in [1.807, 2.05) is 47.1 Å². The van der Waals surface area contributed by atoms with E-state index in [0.717, 1.165) is 58.6 Å². The van der Waals surface area contributed by atoms with Crippen LogP contribution < -0.4 is 10.3 Å². The maximum absolute atomic E-state index is 13.2. The molecule has 5 aromatic rings. The molecule has 0 fully saturated rings. The van der Waals surface area contributed by atoms with Gasteiger partial charge in [-0.3, -0.25) is 9.69 Å². The number of methoxy groups -OCH3 is 1. The maximum Gasteiger partial charge on any atom is 0.252 e. The van der Waals surface area contributed by atoms with Crippen molar-refractivity contribution in [3.05, 3.63) is 117 Å². The molecule has 0 aliphatic heterocycles. The third-order valence-electron chi connectivity index (χ3n) is 7.56. The molecule has 0 spiro atoms. The Balaban J connectivity index is 1.48. The highest BCUT2D eigenvalue weighted by Crippen LogP contribution is 2.26. The zero-order valence-electron chi connectivity index (χ0n) is 23.6. The van der Waals surface area contributed by atoms with Gasteiger partial charge in [-0.05, 0) is 89.5 Å². The number of aryl methyl sites for hydroxylation is 2. The number of tetrazole rings is 1. The fraction of sp³-hybridized carbons (Fsp3) is 0.312. The monoisotopic (exact) mass is 536 g/mol. The fourth-order valence-corrected chi connectivity index (χ4v) is 5.28. The molecular weight excluding hydrogens is 500 g/mol. The minimum absolute atomic E-state index is 0.0649. The number of nitrogens with one attached hydrogen (secondary N) is 1. The number of aromatic amines is 1. The molecule has 2 heterocycles. The van der Waals surface area contributed by atoms with Crippen molar-refractivity contribution in [3.8, 4) is 5.75 Å². The second kappa shape index (κ2) is 12.3. The van der Waals surface area contributed by atoms with Crippen LogP contribution in [0.5, 0.6) is 5.75 Å². The van der Waals surface area contributed by atoms with Gasteiger partial charge >= 0.3 is 0 Å². The number of nitrogens with zero attached hydrogens (tertiary/aromatic N) is 5. The molecule has 0 unspecified atom stereocenters. The largest absolute Gasteiger partial charge is 0.497 e. The molecule has 1 atom stereocenters. The molecule has 0 radical (unpaired) electrons. The highest BCUT2D eigenvalue weighted by atomic mass is 16.5. The van der Waals surface area contributed by atoms with Gasteiger partial charge in [0.25, 0.3) is 5.56 Å². The normalized spacial score (nSPS) is 12.2. The molecule has 206 valence electrons. The van der Waals surface area contributed by atoms with Crippen LogP contribution in [0.25, 0.3) is 10.9 Å². The lowest BCUT2D eigenvalue weighted by Crippen LogP contribution is -2.34. The number of ether oxygens (including phenoxy) is 1. The van der Waals surface area contributed by atoms with Crippen molar-refractivity contribution in [1.29, 1.82) is 0 Å². The van der Waals surface area contributed by atoms with Crippen molar-refractivity contribution < 1.29 is 4.74 Å². The van der Waals surface area contributed by atoms with Crippen LogP contribution in [0.1, 0.15) is 53.0 Å². The lowest BCUT2D eigenvalue weighted by molar-refractivity contribution is 0.172. The van der Waals surface area contributed by atoms with Crippen LogP contribution >= 0.6 is 0 Å². The topological polar surface area (TPSA) is 88.9 Å². The minimum atomic E-state index is -0.0788. The van der Waals surface area contributed by atoms with Crippen LogP contribution in [0.15, 0.2) is 77.6 Å². The summed E-state index contributed by atoms with van der Waals surface area (Å²) in [6.45, 7) is 8.14. The predicted octanol–water partition coefficient (Wildman–Crippen LogP) is 5.38. The van der Waals surface area contributed by atoms with Gasteiger partial charge in [0.1, 0.15) is 5.75 Å². The zero-order chi connectivity index (χ0) is 28.1. The first kappa shape index (κ1) is 27.3. The van der Waals surface area contributed by atoms with E-state index in [4.69, 9.17) is 4.74 Å². The Hall–Kier alpha value is -4.30. The minimum Gasteiger partial charge on any atom is -0.497 e. The molecule has 0 amide bonds. The summed E-state index contributed by atoms with van der Waals surface area (Å²) in [6, 6.07) is 24.4. The summed E-state index contributed by atoms with van der Waals surface area (Å²) in [6.07, 6.45) is 1.65. The van der Waals surface area contributed by atoms with Crippen molar-refractivity contribution in [3.63, 3.8) is 0 Å². The maximum atomic E-state index is 13.2. The van der Waals surface area contributed by atoms with E-state index in [-0.39, 0.29) is 11.6 Å². The first-order chi connectivity index (χ1) is 19.4. The average Bonchev–Trinajstić information content (AvgIpc) is 3.41. The first-order valence-corrected chi connectivity index (χ1v) is 13.7. The van der Waals surface area contributed by atoms with Crippen molar-refractivity contribution in [2.24, 2.45) is 0 Å². The second-order valence-electron chi connectivity index (χ2n) is 10.3. The summed E-state index contributed by atoms with van der Waals surface area (Å²) in [4.78, 5) is 18.6. The van der Waals surface area contributed by atoms with E-state index >= 15 is 0 Å². The van der Waals surface area contributed by atoms with E-state index in [0.29, 0.717) is 13.1 Å². The van der Waals surface area contributed by atoms with E-state index in [2.05, 4.69) is 76.5 Å². The number of aromatic nitrogens is 5. The van der Waals surface area contributed by atoms with Gasteiger partial charge in [0.15, 0.2) is 5.82 Å². The Kier molecular flexibility index (Phi) is 8.36.